The Morgan fingerprint density at radius 2 is 1.37 bits per heavy atom. The van der Waals surface area contributed by atoms with Crippen molar-refractivity contribution in [2.24, 2.45) is 22.2 Å². The van der Waals surface area contributed by atoms with Crippen molar-refractivity contribution >= 4 is 98.3 Å². The molecule has 2 aliphatic rings. The minimum absolute atomic E-state index is 0.0183. The molecule has 2 fully saturated rings. The Kier molecular flexibility index (Phi) is 23.4. The van der Waals surface area contributed by atoms with Crippen LogP contribution in [0.25, 0.3) is 0 Å². The second-order valence-electron chi connectivity index (χ2n) is 14.8. The molecule has 23 nitrogen and oxygen atoms in total. The maximum Gasteiger partial charge on any atom is 0.305 e. The van der Waals surface area contributed by atoms with E-state index in [-0.39, 0.29) is 67.7 Å². The molecule has 2 heterocycles. The van der Waals surface area contributed by atoms with Crippen LogP contribution in [0, 0.1) is 0 Å². The van der Waals surface area contributed by atoms with Gasteiger partial charge in [0.2, 0.25) is 41.4 Å². The van der Waals surface area contributed by atoms with Gasteiger partial charge in [-0.25, -0.2) is 0 Å². The van der Waals surface area contributed by atoms with E-state index in [4.69, 9.17) is 17.2 Å². The normalized spacial score (nSPS) is 24.8. The summed E-state index contributed by atoms with van der Waals surface area (Å²) in [4.78, 5) is 139. The average Bonchev–Trinajstić information content (AvgIpc) is 3.26. The number of carbonyl (C=O) groups excluding carboxylic acids is 9. The summed E-state index contributed by atoms with van der Waals surface area (Å²) < 4.78 is 0. The smallest absolute Gasteiger partial charge is 0.305 e. The number of thioether (sulfide) groups is 1. The molecular formula is C39H58N12O11S3. The predicted molar refractivity (Wildman–Crippen MR) is 244 cm³/mol. The van der Waals surface area contributed by atoms with E-state index in [1.807, 2.05) is 0 Å². The van der Waals surface area contributed by atoms with Crippen LogP contribution in [-0.4, -0.2) is 149 Å². The third-order valence-corrected chi connectivity index (χ3v) is 13.2. The van der Waals surface area contributed by atoms with Gasteiger partial charge < -0.3 is 64.8 Å². The molecule has 0 aromatic heterocycles. The standard InChI is InChI=1S/C39H58N12O11S3/c1-2-28(52)26-18-63-20-30(54)45-23(11-6-7-13-40)33(58)50-27-19-64-65-38(37(62)48-24(34(59)49-26)15-21-9-4-3-5-10-21)51-35(60)25(16-31(55)56)46-29(53)17-44-32(57)22(47-36(27)61)12-8-14-43-39(41)42/h3-5,9-10,22-27,38H,2,6-8,11-20,40H2,1H3,(H,44,57)(H,45,54)(H,46,53)(H,47,61)(H,48,62)(H,49,59)(H,50,58)(H,51,60)(H,55,56)(H4,41,42,43). The van der Waals surface area contributed by atoms with Gasteiger partial charge in [-0.05, 0) is 44.2 Å². The van der Waals surface area contributed by atoms with Crippen molar-refractivity contribution < 1.29 is 53.1 Å². The lowest BCUT2D eigenvalue weighted by molar-refractivity contribution is -0.141. The number of hydrogen-bond acceptors (Lipinski definition) is 15. The number of nitrogens with one attached hydrogen (secondary N) is 8. The highest BCUT2D eigenvalue weighted by molar-refractivity contribution is 8.77. The van der Waals surface area contributed by atoms with Crippen LogP contribution in [-0.2, 0) is 54.4 Å². The number of aliphatic imine (C=N–C) groups is 1. The van der Waals surface area contributed by atoms with Crippen LogP contribution < -0.4 is 59.7 Å². The molecule has 358 valence electrons. The van der Waals surface area contributed by atoms with Gasteiger partial charge in [0, 0.05) is 30.9 Å². The summed E-state index contributed by atoms with van der Waals surface area (Å²) in [5.74, 6) is -9.67. The van der Waals surface area contributed by atoms with Gasteiger partial charge >= 0.3 is 5.97 Å². The fourth-order valence-electron chi connectivity index (χ4n) is 6.27. The molecule has 0 aliphatic carbocycles. The number of nitrogens with two attached hydrogens (primary N) is 3. The van der Waals surface area contributed by atoms with Gasteiger partial charge in [0.1, 0.15) is 30.2 Å². The van der Waals surface area contributed by atoms with Crippen molar-refractivity contribution in [2.45, 2.75) is 99.9 Å². The Morgan fingerprint density at radius 1 is 0.723 bits per heavy atom. The number of guanidine groups is 1. The van der Waals surface area contributed by atoms with Crippen molar-refractivity contribution in [1.82, 2.24) is 42.5 Å². The first kappa shape index (κ1) is 53.7. The number of fused-ring (bicyclic) bond motifs is 4. The third kappa shape index (κ3) is 19.6. The molecule has 0 saturated carbocycles. The van der Waals surface area contributed by atoms with E-state index in [0.29, 0.717) is 35.7 Å². The van der Waals surface area contributed by atoms with Gasteiger partial charge in [-0.3, -0.25) is 52.9 Å². The Bertz CT molecular complexity index is 1890. The second kappa shape index (κ2) is 28.3. The molecule has 0 radical (unpaired) electrons. The first-order valence-corrected chi connectivity index (χ1v) is 24.3. The lowest BCUT2D eigenvalue weighted by Crippen LogP contribution is -2.59. The number of carbonyl (C=O) groups is 10. The first-order chi connectivity index (χ1) is 31.0. The van der Waals surface area contributed by atoms with E-state index in [0.717, 1.165) is 22.6 Å². The monoisotopic (exact) mass is 966 g/mol. The number of rotatable bonds is 14. The summed E-state index contributed by atoms with van der Waals surface area (Å²) in [6.07, 6.45) is 0.0808. The number of carboxylic acid groups (broad SMARTS) is 1. The van der Waals surface area contributed by atoms with Gasteiger partial charge in [0.15, 0.2) is 17.1 Å². The number of Topliss-reactive ketones (excluding diaryl/α,β-unsaturated/α-hetero) is 1. The zero-order chi connectivity index (χ0) is 47.9. The number of unbranched alkanes of at least 4 members (excludes halogenated alkanes) is 1. The highest BCUT2D eigenvalue weighted by Gasteiger charge is 2.35. The van der Waals surface area contributed by atoms with Crippen LogP contribution in [0.4, 0.5) is 0 Å². The number of ketones is 1. The topological polar surface area (TPSA) is 378 Å². The summed E-state index contributed by atoms with van der Waals surface area (Å²) in [6, 6.07) is 0.352. The van der Waals surface area contributed by atoms with Crippen molar-refractivity contribution in [3.05, 3.63) is 35.9 Å². The van der Waals surface area contributed by atoms with Crippen molar-refractivity contribution in [1.29, 1.82) is 0 Å². The SMILES string of the molecule is CCC(=O)C1CSCC(=O)NC(CCCCN)C(=O)NC2CSSC(NC(=O)C(CC(=O)O)NC(=O)CNC(=O)C(CCCN=C(N)N)NC2=O)C(=O)NC(Cc2ccccc2)C(=O)N1. The molecule has 8 amide bonds. The zero-order valence-electron chi connectivity index (χ0n) is 35.8. The van der Waals surface area contributed by atoms with Crippen LogP contribution in [0.15, 0.2) is 35.3 Å². The quantitative estimate of drug-likeness (QED) is 0.0372. The van der Waals surface area contributed by atoms with E-state index in [9.17, 15) is 53.1 Å². The van der Waals surface area contributed by atoms with Gasteiger partial charge in [0.05, 0.1) is 24.8 Å². The number of aliphatic carboxylic acids is 1. The highest BCUT2D eigenvalue weighted by Crippen LogP contribution is 2.27. The molecule has 15 N–H and O–H groups in total. The number of nitrogens with zero attached hydrogens (tertiary/aromatic N) is 1. The van der Waals surface area contributed by atoms with Gasteiger partial charge in [0.25, 0.3) is 5.91 Å². The predicted octanol–water partition coefficient (Wildman–Crippen LogP) is -3.53. The van der Waals surface area contributed by atoms with E-state index in [1.54, 1.807) is 37.3 Å². The number of benzene rings is 1. The Balaban J connectivity index is 2.16. The molecule has 1 aromatic carbocycles. The summed E-state index contributed by atoms with van der Waals surface area (Å²) in [7, 11) is 1.47. The Hall–Kier alpha value is -5.60. The lowest BCUT2D eigenvalue weighted by Gasteiger charge is -2.27. The Labute approximate surface area is 387 Å². The summed E-state index contributed by atoms with van der Waals surface area (Å²) in [6.45, 7) is 1.16. The minimum atomic E-state index is -1.77. The molecule has 2 aliphatic heterocycles. The molecule has 0 spiro atoms. The van der Waals surface area contributed by atoms with Crippen molar-refractivity contribution in [3.8, 4) is 0 Å². The van der Waals surface area contributed by atoms with Crippen LogP contribution >= 0.6 is 33.3 Å². The van der Waals surface area contributed by atoms with Crippen molar-refractivity contribution in [2.75, 3.05) is 36.9 Å². The average molecular weight is 967 g/mol. The summed E-state index contributed by atoms with van der Waals surface area (Å²) >= 11 is 1.01. The van der Waals surface area contributed by atoms with E-state index < -0.39 is 108 Å². The van der Waals surface area contributed by atoms with Crippen molar-refractivity contribution in [3.63, 3.8) is 0 Å². The molecule has 65 heavy (non-hydrogen) atoms. The van der Waals surface area contributed by atoms with Crippen LogP contribution in [0.5, 0.6) is 0 Å². The van der Waals surface area contributed by atoms with Crippen LogP contribution in [0.1, 0.15) is 57.4 Å². The second-order valence-corrected chi connectivity index (χ2v) is 18.4. The Morgan fingerprint density at radius 3 is 2.05 bits per heavy atom. The molecule has 2 saturated heterocycles. The summed E-state index contributed by atoms with van der Waals surface area (Å²) in [5.41, 5.74) is 17.2. The number of hydrogen-bond donors (Lipinski definition) is 12. The molecular weight excluding hydrogens is 909 g/mol. The fourth-order valence-corrected chi connectivity index (χ4v) is 9.52. The molecule has 26 heteroatoms. The first-order valence-electron chi connectivity index (χ1n) is 20.8. The largest absolute Gasteiger partial charge is 0.481 e. The van der Waals surface area contributed by atoms with Crippen LogP contribution in [0.3, 0.4) is 0 Å². The number of carboxylic acids is 1. The molecule has 3 rings (SSSR count). The van der Waals surface area contributed by atoms with E-state index in [2.05, 4.69) is 47.5 Å². The third-order valence-electron chi connectivity index (χ3n) is 9.66. The lowest BCUT2D eigenvalue weighted by atomic mass is 10.0. The maximum absolute atomic E-state index is 14.3. The van der Waals surface area contributed by atoms with Gasteiger partial charge in [-0.1, -0.05) is 58.8 Å². The fraction of sp³-hybridized carbons (Fsp3) is 0.564. The zero-order valence-corrected chi connectivity index (χ0v) is 38.2. The van der Waals surface area contributed by atoms with E-state index >= 15 is 0 Å². The summed E-state index contributed by atoms with van der Waals surface area (Å²) in [5, 5.41) is 28.3. The minimum Gasteiger partial charge on any atom is -0.481 e. The van der Waals surface area contributed by atoms with Gasteiger partial charge in [-0.15, -0.1) is 11.8 Å². The number of amides is 8. The van der Waals surface area contributed by atoms with E-state index in [1.165, 1.54) is 0 Å². The molecule has 2 bridgehead atoms. The van der Waals surface area contributed by atoms with Crippen LogP contribution in [0.2, 0.25) is 0 Å². The highest BCUT2D eigenvalue weighted by atomic mass is 33.1. The van der Waals surface area contributed by atoms with Gasteiger partial charge in [-0.2, -0.15) is 0 Å². The maximum atomic E-state index is 14.3. The molecule has 1 aromatic rings. The molecule has 7 atom stereocenters. The molecule has 7 unspecified atom stereocenters.